The number of hydrogen-bond donors (Lipinski definition) is 1. The summed E-state index contributed by atoms with van der Waals surface area (Å²) in [7, 11) is -3.60. The first-order valence-corrected chi connectivity index (χ1v) is 9.47. The third-order valence-corrected chi connectivity index (χ3v) is 4.90. The first-order valence-electron chi connectivity index (χ1n) is 7.62. The zero-order valence-corrected chi connectivity index (χ0v) is 15.1. The molecule has 1 unspecified atom stereocenters. The van der Waals surface area contributed by atoms with Gasteiger partial charge < -0.3 is 5.32 Å². The second-order valence-corrected chi connectivity index (χ2v) is 7.79. The molecule has 0 saturated heterocycles. The van der Waals surface area contributed by atoms with E-state index in [0.717, 1.165) is 21.7 Å². The normalized spacial score (nSPS) is 12.5. The van der Waals surface area contributed by atoms with Gasteiger partial charge in [0.05, 0.1) is 11.9 Å². The number of hydrogen-bond acceptors (Lipinski definition) is 3. The fourth-order valence-electron chi connectivity index (χ4n) is 2.47. The average molecular weight is 346 g/mol. The molecule has 1 amide bonds. The lowest BCUT2D eigenvalue weighted by atomic mass is 10.2. The SMILES string of the molecule is Cc1ccc(N(C(C)C(=O)Nc2cccc(C)c2)S(C)(=O)=O)cc1. The van der Waals surface area contributed by atoms with Crippen LogP contribution >= 0.6 is 0 Å². The molecule has 0 radical (unpaired) electrons. The number of carbonyl (C=O) groups excluding carboxylic acids is 1. The molecule has 0 spiro atoms. The smallest absolute Gasteiger partial charge is 0.247 e. The molecule has 0 aliphatic carbocycles. The minimum atomic E-state index is -3.60. The molecule has 128 valence electrons. The molecule has 2 aromatic rings. The van der Waals surface area contributed by atoms with Crippen molar-refractivity contribution in [3.05, 3.63) is 59.7 Å². The highest BCUT2D eigenvalue weighted by Gasteiger charge is 2.29. The minimum Gasteiger partial charge on any atom is -0.324 e. The van der Waals surface area contributed by atoms with Gasteiger partial charge in [0.15, 0.2) is 0 Å². The highest BCUT2D eigenvalue weighted by atomic mass is 32.2. The summed E-state index contributed by atoms with van der Waals surface area (Å²) in [5.74, 6) is -0.383. The van der Waals surface area contributed by atoms with Crippen LogP contribution in [0.25, 0.3) is 0 Å². The van der Waals surface area contributed by atoms with Crippen LogP contribution in [0.5, 0.6) is 0 Å². The molecule has 0 aliphatic heterocycles. The van der Waals surface area contributed by atoms with Crippen molar-refractivity contribution in [3.63, 3.8) is 0 Å². The standard InChI is InChI=1S/C18H22N2O3S/c1-13-8-10-17(11-9-13)20(24(4,22)23)15(3)18(21)19-16-7-5-6-14(2)12-16/h5-12,15H,1-4H3,(H,19,21). The number of carbonyl (C=O) groups is 1. The summed E-state index contributed by atoms with van der Waals surface area (Å²) in [4.78, 5) is 12.5. The number of benzene rings is 2. The molecule has 24 heavy (non-hydrogen) atoms. The molecule has 6 heteroatoms. The molecule has 5 nitrogen and oxygen atoms in total. The summed E-state index contributed by atoms with van der Waals surface area (Å²) >= 11 is 0. The van der Waals surface area contributed by atoms with E-state index >= 15 is 0 Å². The van der Waals surface area contributed by atoms with Gasteiger partial charge in [-0.25, -0.2) is 8.42 Å². The zero-order chi connectivity index (χ0) is 17.9. The Morgan fingerprint density at radius 1 is 1.04 bits per heavy atom. The van der Waals surface area contributed by atoms with Gasteiger partial charge in [-0.15, -0.1) is 0 Å². The van der Waals surface area contributed by atoms with Crippen LogP contribution in [-0.4, -0.2) is 26.6 Å². The molecule has 1 atom stereocenters. The van der Waals surface area contributed by atoms with Crippen molar-refractivity contribution in [3.8, 4) is 0 Å². The second-order valence-electron chi connectivity index (χ2n) is 5.93. The minimum absolute atomic E-state index is 0.383. The van der Waals surface area contributed by atoms with E-state index in [2.05, 4.69) is 5.32 Å². The van der Waals surface area contributed by atoms with Crippen LogP contribution in [0, 0.1) is 13.8 Å². The Hall–Kier alpha value is -2.34. The Balaban J connectivity index is 2.29. The van der Waals surface area contributed by atoms with E-state index in [4.69, 9.17) is 0 Å². The lowest BCUT2D eigenvalue weighted by Gasteiger charge is -2.28. The highest BCUT2D eigenvalue weighted by Crippen LogP contribution is 2.22. The van der Waals surface area contributed by atoms with Gasteiger partial charge in [0.1, 0.15) is 6.04 Å². The van der Waals surface area contributed by atoms with Crippen molar-refractivity contribution in [2.75, 3.05) is 15.9 Å². The van der Waals surface area contributed by atoms with Crippen LogP contribution < -0.4 is 9.62 Å². The third kappa shape index (κ3) is 4.35. The second kappa shape index (κ2) is 7.05. The number of sulfonamides is 1. The predicted molar refractivity (Wildman–Crippen MR) is 97.8 cm³/mol. The van der Waals surface area contributed by atoms with E-state index in [1.54, 1.807) is 25.1 Å². The third-order valence-electron chi connectivity index (χ3n) is 3.66. The fourth-order valence-corrected chi connectivity index (χ4v) is 3.64. The van der Waals surface area contributed by atoms with Gasteiger partial charge in [-0.1, -0.05) is 29.8 Å². The Morgan fingerprint density at radius 2 is 1.67 bits per heavy atom. The molecule has 0 heterocycles. The Kier molecular flexibility index (Phi) is 5.29. The number of nitrogens with zero attached hydrogens (tertiary/aromatic N) is 1. The average Bonchev–Trinajstić information content (AvgIpc) is 2.48. The first-order chi connectivity index (χ1) is 11.2. The number of nitrogens with one attached hydrogen (secondary N) is 1. The Morgan fingerprint density at radius 3 is 2.21 bits per heavy atom. The van der Waals surface area contributed by atoms with Gasteiger partial charge in [-0.3, -0.25) is 9.10 Å². The van der Waals surface area contributed by atoms with Gasteiger partial charge >= 0.3 is 0 Å². The molecular formula is C18H22N2O3S. The molecule has 0 bridgehead atoms. The molecule has 2 aromatic carbocycles. The zero-order valence-electron chi connectivity index (χ0n) is 14.3. The summed E-state index contributed by atoms with van der Waals surface area (Å²) in [6.07, 6.45) is 1.10. The lowest BCUT2D eigenvalue weighted by Crippen LogP contribution is -2.45. The molecule has 1 N–H and O–H groups in total. The van der Waals surface area contributed by atoms with Crippen molar-refractivity contribution in [2.45, 2.75) is 26.8 Å². The van der Waals surface area contributed by atoms with Crippen LogP contribution in [-0.2, 0) is 14.8 Å². The van der Waals surface area contributed by atoms with Crippen molar-refractivity contribution in [1.29, 1.82) is 0 Å². The maximum Gasteiger partial charge on any atom is 0.247 e. The molecule has 2 rings (SSSR count). The maximum atomic E-state index is 12.5. The van der Waals surface area contributed by atoms with E-state index in [1.165, 1.54) is 0 Å². The topological polar surface area (TPSA) is 66.5 Å². The van der Waals surface area contributed by atoms with E-state index in [1.807, 2.05) is 44.2 Å². The first kappa shape index (κ1) is 18.0. The van der Waals surface area contributed by atoms with Crippen molar-refractivity contribution in [1.82, 2.24) is 0 Å². The maximum absolute atomic E-state index is 12.5. The highest BCUT2D eigenvalue weighted by molar-refractivity contribution is 7.92. The van der Waals surface area contributed by atoms with Gasteiger partial charge in [-0.2, -0.15) is 0 Å². The lowest BCUT2D eigenvalue weighted by molar-refractivity contribution is -0.116. The van der Waals surface area contributed by atoms with Gasteiger partial charge in [0.25, 0.3) is 0 Å². The molecule has 0 aromatic heterocycles. The summed E-state index contributed by atoms with van der Waals surface area (Å²) in [5, 5.41) is 2.77. The monoisotopic (exact) mass is 346 g/mol. The summed E-state index contributed by atoms with van der Waals surface area (Å²) in [6.45, 7) is 5.42. The number of rotatable bonds is 5. The van der Waals surface area contributed by atoms with Crippen LogP contribution in [0.4, 0.5) is 11.4 Å². The quantitative estimate of drug-likeness (QED) is 0.905. The Bertz CT molecular complexity index is 830. The van der Waals surface area contributed by atoms with Crippen molar-refractivity contribution >= 4 is 27.3 Å². The summed E-state index contributed by atoms with van der Waals surface area (Å²) in [5.41, 5.74) is 3.14. The fraction of sp³-hybridized carbons (Fsp3) is 0.278. The number of amides is 1. The van der Waals surface area contributed by atoms with E-state index in [9.17, 15) is 13.2 Å². The predicted octanol–water partition coefficient (Wildman–Crippen LogP) is 3.10. The number of anilines is 2. The van der Waals surface area contributed by atoms with Gasteiger partial charge in [0, 0.05) is 5.69 Å². The molecule has 0 aliphatic rings. The number of aryl methyl sites for hydroxylation is 2. The summed E-state index contributed by atoms with van der Waals surface area (Å²) in [6, 6.07) is 13.5. The van der Waals surface area contributed by atoms with Crippen LogP contribution in [0.3, 0.4) is 0 Å². The Labute approximate surface area is 143 Å². The van der Waals surface area contributed by atoms with Crippen LogP contribution in [0.15, 0.2) is 48.5 Å². The molecule has 0 saturated carbocycles. The van der Waals surface area contributed by atoms with Gasteiger partial charge in [0.2, 0.25) is 15.9 Å². The van der Waals surface area contributed by atoms with E-state index in [0.29, 0.717) is 11.4 Å². The van der Waals surface area contributed by atoms with E-state index in [-0.39, 0.29) is 5.91 Å². The van der Waals surface area contributed by atoms with Crippen molar-refractivity contribution in [2.24, 2.45) is 0 Å². The van der Waals surface area contributed by atoms with Crippen LogP contribution in [0.2, 0.25) is 0 Å². The van der Waals surface area contributed by atoms with E-state index < -0.39 is 16.1 Å². The van der Waals surface area contributed by atoms with Crippen LogP contribution in [0.1, 0.15) is 18.1 Å². The molecular weight excluding hydrogens is 324 g/mol. The molecule has 0 fully saturated rings. The van der Waals surface area contributed by atoms with Crippen molar-refractivity contribution < 1.29 is 13.2 Å². The van der Waals surface area contributed by atoms with Gasteiger partial charge in [-0.05, 0) is 50.6 Å². The summed E-state index contributed by atoms with van der Waals surface area (Å²) < 4.78 is 25.6. The largest absolute Gasteiger partial charge is 0.324 e.